The Bertz CT molecular complexity index is 967. The lowest BCUT2D eigenvalue weighted by atomic mass is 10.3. The van der Waals surface area contributed by atoms with Gasteiger partial charge in [0, 0.05) is 6.07 Å². The molecule has 0 heterocycles. The molecule has 0 atom stereocenters. The molecule has 0 radical (unpaired) electrons. The van der Waals surface area contributed by atoms with Gasteiger partial charge in [0.25, 0.3) is 0 Å². The second-order valence-corrected chi connectivity index (χ2v) is 8.12. The summed E-state index contributed by atoms with van der Waals surface area (Å²) in [5.41, 5.74) is 0.210. The summed E-state index contributed by atoms with van der Waals surface area (Å²) in [7, 11) is -1.14. The van der Waals surface area contributed by atoms with Crippen LogP contribution in [0.5, 0.6) is 11.5 Å². The molecular weight excluding hydrogens is 439 g/mol. The second-order valence-electron chi connectivity index (χ2n) is 5.14. The minimum atomic E-state index is -3.96. The number of sulfonamides is 1. The van der Waals surface area contributed by atoms with Gasteiger partial charge in [0.15, 0.2) is 11.5 Å². The number of methoxy groups -OCH3 is 2. The number of amides is 1. The van der Waals surface area contributed by atoms with Crippen molar-refractivity contribution >= 4 is 56.4 Å². The van der Waals surface area contributed by atoms with Gasteiger partial charge in [0.1, 0.15) is 0 Å². The first kappa shape index (κ1) is 21.6. The summed E-state index contributed by atoms with van der Waals surface area (Å²) in [6.45, 7) is -0.521. The Morgan fingerprint density at radius 2 is 1.59 bits per heavy atom. The van der Waals surface area contributed by atoms with E-state index in [0.29, 0.717) is 5.75 Å². The van der Waals surface area contributed by atoms with Crippen LogP contribution in [-0.4, -0.2) is 35.1 Å². The fraction of sp³-hybridized carbons (Fsp3) is 0.188. The van der Waals surface area contributed by atoms with E-state index in [1.54, 1.807) is 0 Å². The largest absolute Gasteiger partial charge is 0.493 e. The fourth-order valence-corrected chi connectivity index (χ4v) is 3.63. The molecule has 11 heteroatoms. The van der Waals surface area contributed by atoms with Crippen LogP contribution in [0.4, 0.5) is 5.69 Å². The minimum absolute atomic E-state index is 0.0829. The molecule has 2 aromatic carbocycles. The summed E-state index contributed by atoms with van der Waals surface area (Å²) < 4.78 is 37.1. The Morgan fingerprint density at radius 1 is 0.963 bits per heavy atom. The van der Waals surface area contributed by atoms with Crippen LogP contribution in [0.1, 0.15) is 0 Å². The van der Waals surface area contributed by atoms with Crippen LogP contribution < -0.4 is 19.5 Å². The number of hydrogen-bond acceptors (Lipinski definition) is 5. The van der Waals surface area contributed by atoms with Crippen LogP contribution in [-0.2, 0) is 14.8 Å². The van der Waals surface area contributed by atoms with Gasteiger partial charge in [-0.05, 0) is 24.3 Å². The third-order valence-electron chi connectivity index (χ3n) is 3.37. The van der Waals surface area contributed by atoms with E-state index in [9.17, 15) is 13.2 Å². The van der Waals surface area contributed by atoms with E-state index < -0.39 is 22.5 Å². The van der Waals surface area contributed by atoms with E-state index in [0.717, 1.165) is 0 Å². The molecule has 146 valence electrons. The quantitative estimate of drug-likeness (QED) is 0.625. The Kier molecular flexibility index (Phi) is 7.19. The number of carbonyl (C=O) groups excluding carboxylic acids is 1. The molecule has 0 fully saturated rings. The summed E-state index contributed by atoms with van der Waals surface area (Å²) in [6.07, 6.45) is 0. The molecule has 0 saturated heterocycles. The lowest BCUT2D eigenvalue weighted by Crippen LogP contribution is -2.33. The zero-order valence-corrected chi connectivity index (χ0v) is 17.3. The van der Waals surface area contributed by atoms with Gasteiger partial charge >= 0.3 is 0 Å². The average Bonchev–Trinajstić information content (AvgIpc) is 2.64. The molecular formula is C16H15Cl3N2O5S. The van der Waals surface area contributed by atoms with Gasteiger partial charge in [0.05, 0.1) is 46.4 Å². The highest BCUT2D eigenvalue weighted by Gasteiger charge is 2.18. The Hall–Kier alpha value is -1.71. The van der Waals surface area contributed by atoms with Crippen molar-refractivity contribution in [2.24, 2.45) is 0 Å². The van der Waals surface area contributed by atoms with Gasteiger partial charge in [-0.15, -0.1) is 0 Å². The van der Waals surface area contributed by atoms with Crippen molar-refractivity contribution in [3.05, 3.63) is 45.4 Å². The molecule has 0 aliphatic carbocycles. The topological polar surface area (TPSA) is 93.7 Å². The van der Waals surface area contributed by atoms with Crippen LogP contribution >= 0.6 is 34.8 Å². The highest BCUT2D eigenvalue weighted by Crippen LogP contribution is 2.32. The van der Waals surface area contributed by atoms with Crippen molar-refractivity contribution < 1.29 is 22.7 Å². The number of benzene rings is 2. The van der Waals surface area contributed by atoms with E-state index in [-0.39, 0.29) is 31.4 Å². The molecule has 0 unspecified atom stereocenters. The molecule has 2 N–H and O–H groups in total. The Balaban J connectivity index is 2.09. The van der Waals surface area contributed by atoms with Crippen molar-refractivity contribution in [3.63, 3.8) is 0 Å². The standard InChI is InChI=1S/C16H15Cl3N2O5S/c1-25-14-4-3-9(5-15(14)26-2)27(23,24)20-8-16(22)21-13-7-11(18)10(17)6-12(13)19/h3-7,20H,8H2,1-2H3,(H,21,22). The summed E-state index contributed by atoms with van der Waals surface area (Å²) in [5.74, 6) is -0.0183. The fourth-order valence-electron chi connectivity index (χ4n) is 2.04. The van der Waals surface area contributed by atoms with Crippen molar-refractivity contribution in [3.8, 4) is 11.5 Å². The second kappa shape index (κ2) is 8.99. The van der Waals surface area contributed by atoms with Gasteiger partial charge in [-0.1, -0.05) is 34.8 Å². The first-order chi connectivity index (χ1) is 12.7. The molecule has 2 rings (SSSR count). The Morgan fingerprint density at radius 3 is 2.22 bits per heavy atom. The lowest BCUT2D eigenvalue weighted by Gasteiger charge is -2.12. The van der Waals surface area contributed by atoms with E-state index in [1.165, 1.54) is 44.6 Å². The maximum Gasteiger partial charge on any atom is 0.241 e. The zero-order valence-electron chi connectivity index (χ0n) is 14.2. The molecule has 27 heavy (non-hydrogen) atoms. The van der Waals surface area contributed by atoms with E-state index in [1.807, 2.05) is 0 Å². The number of ether oxygens (including phenoxy) is 2. The molecule has 7 nitrogen and oxygen atoms in total. The minimum Gasteiger partial charge on any atom is -0.493 e. The van der Waals surface area contributed by atoms with Gasteiger partial charge in [-0.3, -0.25) is 4.79 Å². The number of carbonyl (C=O) groups is 1. The lowest BCUT2D eigenvalue weighted by molar-refractivity contribution is -0.115. The van der Waals surface area contributed by atoms with Gasteiger partial charge in [-0.2, -0.15) is 0 Å². The molecule has 2 aromatic rings. The monoisotopic (exact) mass is 452 g/mol. The van der Waals surface area contributed by atoms with E-state index in [2.05, 4.69) is 10.0 Å². The van der Waals surface area contributed by atoms with Crippen LogP contribution in [0.15, 0.2) is 35.2 Å². The first-order valence-corrected chi connectivity index (χ1v) is 9.95. The average molecular weight is 454 g/mol. The highest BCUT2D eigenvalue weighted by molar-refractivity contribution is 7.89. The summed E-state index contributed by atoms with van der Waals surface area (Å²) in [4.78, 5) is 12.0. The number of halogens is 3. The van der Waals surface area contributed by atoms with Gasteiger partial charge in [-0.25, -0.2) is 13.1 Å². The zero-order chi connectivity index (χ0) is 20.2. The highest BCUT2D eigenvalue weighted by atomic mass is 35.5. The third-order valence-corrected chi connectivity index (χ3v) is 5.81. The van der Waals surface area contributed by atoms with Crippen LogP contribution in [0.2, 0.25) is 15.1 Å². The number of nitrogens with one attached hydrogen (secondary N) is 2. The first-order valence-electron chi connectivity index (χ1n) is 7.34. The summed E-state index contributed by atoms with van der Waals surface area (Å²) in [5, 5.41) is 3.05. The molecule has 0 aliphatic heterocycles. The number of anilines is 1. The predicted molar refractivity (Wildman–Crippen MR) is 105 cm³/mol. The maximum absolute atomic E-state index is 12.4. The molecule has 0 aromatic heterocycles. The molecule has 0 saturated carbocycles. The third kappa shape index (κ3) is 5.40. The maximum atomic E-state index is 12.4. The molecule has 1 amide bonds. The summed E-state index contributed by atoms with van der Waals surface area (Å²) in [6, 6.07) is 6.80. The molecule has 0 bridgehead atoms. The van der Waals surface area contributed by atoms with Crippen molar-refractivity contribution in [2.75, 3.05) is 26.1 Å². The van der Waals surface area contributed by atoms with Crippen molar-refractivity contribution in [1.29, 1.82) is 0 Å². The Labute approximate surface area is 171 Å². The number of rotatable bonds is 7. The van der Waals surface area contributed by atoms with Crippen molar-refractivity contribution in [1.82, 2.24) is 4.72 Å². The van der Waals surface area contributed by atoms with E-state index >= 15 is 0 Å². The smallest absolute Gasteiger partial charge is 0.241 e. The van der Waals surface area contributed by atoms with E-state index in [4.69, 9.17) is 44.3 Å². The number of hydrogen-bond donors (Lipinski definition) is 2. The SMILES string of the molecule is COc1ccc(S(=O)(=O)NCC(=O)Nc2cc(Cl)c(Cl)cc2Cl)cc1OC. The van der Waals surface area contributed by atoms with Crippen LogP contribution in [0.3, 0.4) is 0 Å². The van der Waals surface area contributed by atoms with Crippen molar-refractivity contribution in [2.45, 2.75) is 4.90 Å². The van der Waals surface area contributed by atoms with Crippen LogP contribution in [0.25, 0.3) is 0 Å². The van der Waals surface area contributed by atoms with Gasteiger partial charge in [0.2, 0.25) is 15.9 Å². The normalized spacial score (nSPS) is 11.1. The van der Waals surface area contributed by atoms with Crippen LogP contribution in [0, 0.1) is 0 Å². The molecule has 0 spiro atoms. The predicted octanol–water partition coefficient (Wildman–Crippen LogP) is 3.58. The molecule has 0 aliphatic rings. The summed E-state index contributed by atoms with van der Waals surface area (Å²) >= 11 is 17.7. The van der Waals surface area contributed by atoms with Gasteiger partial charge < -0.3 is 14.8 Å².